The highest BCUT2D eigenvalue weighted by Gasteiger charge is 2.48. The van der Waals surface area contributed by atoms with E-state index in [1.54, 1.807) is 17.0 Å². The molecule has 1 amide bonds. The summed E-state index contributed by atoms with van der Waals surface area (Å²) in [6.45, 7) is -1.07. The highest BCUT2D eigenvalue weighted by Crippen LogP contribution is 2.46. The molecule has 1 saturated heterocycles. The number of carbonyl (C=O) groups is 2. The molecule has 4 N–H and O–H groups in total. The van der Waals surface area contributed by atoms with Gasteiger partial charge in [0.05, 0.1) is 49.6 Å². The number of nitrogens with zero attached hydrogens (tertiary/aromatic N) is 2. The summed E-state index contributed by atoms with van der Waals surface area (Å²) in [5.74, 6) is -1.21. The minimum atomic E-state index is -1.55. The second-order valence-electron chi connectivity index (χ2n) is 12.0. The second-order valence-corrected chi connectivity index (χ2v) is 13.1. The molecule has 2 heterocycles. The van der Waals surface area contributed by atoms with Gasteiger partial charge in [0.15, 0.2) is 0 Å². The maximum atomic E-state index is 13.6. The molecule has 3 aromatic carbocycles. The molecule has 4 aromatic rings. The smallest absolute Gasteiger partial charge is 0.349 e. The third-order valence-corrected chi connectivity index (χ3v) is 9.83. The summed E-state index contributed by atoms with van der Waals surface area (Å²) in [6, 6.07) is 21.0. The molecule has 11 heteroatoms. The minimum Gasteiger partial charge on any atom is -0.465 e. The van der Waals surface area contributed by atoms with Gasteiger partial charge in [-0.25, -0.2) is 14.2 Å². The number of methoxy groups -OCH3 is 1. The maximum absolute atomic E-state index is 13.6. The van der Waals surface area contributed by atoms with Crippen molar-refractivity contribution in [3.63, 3.8) is 0 Å². The first kappa shape index (κ1) is 34.3. The van der Waals surface area contributed by atoms with Crippen molar-refractivity contribution in [2.24, 2.45) is 5.92 Å². The Kier molecular flexibility index (Phi) is 11.2. The molecule has 1 fully saturated rings. The van der Waals surface area contributed by atoms with Crippen LogP contribution in [0.2, 0.25) is 0 Å². The number of ether oxygens (including phenoxy) is 1. The van der Waals surface area contributed by atoms with Crippen molar-refractivity contribution in [3.05, 3.63) is 117 Å². The number of rotatable bonds is 15. The number of aryl methyl sites for hydroxylation is 3. The first-order valence-corrected chi connectivity index (χ1v) is 16.4. The number of thiazole rings is 1. The number of aliphatic hydroxyl groups excluding tert-OH is 3. The van der Waals surface area contributed by atoms with E-state index in [1.807, 2.05) is 48.5 Å². The van der Waals surface area contributed by atoms with Crippen LogP contribution in [0.4, 0.5) is 10.1 Å². The highest BCUT2D eigenvalue weighted by molar-refractivity contribution is 7.13. The molecule has 9 nitrogen and oxygen atoms in total. The van der Waals surface area contributed by atoms with Crippen LogP contribution in [0.5, 0.6) is 0 Å². The molecule has 1 aromatic heterocycles. The molecule has 3 atom stereocenters. The summed E-state index contributed by atoms with van der Waals surface area (Å²) < 4.78 is 18.2. The van der Waals surface area contributed by atoms with Gasteiger partial charge in [-0.2, -0.15) is 0 Å². The lowest BCUT2D eigenvalue weighted by Crippen LogP contribution is -2.55. The first-order valence-electron chi connectivity index (χ1n) is 15.6. The Balaban J connectivity index is 1.30. The summed E-state index contributed by atoms with van der Waals surface area (Å²) in [4.78, 5) is 31.9. The lowest BCUT2D eigenvalue weighted by molar-refractivity contribution is -0.131. The van der Waals surface area contributed by atoms with Gasteiger partial charge >= 0.3 is 5.97 Å². The number of esters is 1. The number of aromatic nitrogens is 1. The molecule has 1 aliphatic heterocycles. The molecule has 0 aliphatic carbocycles. The van der Waals surface area contributed by atoms with Crippen molar-refractivity contribution in [1.82, 2.24) is 4.98 Å². The molecule has 248 valence electrons. The standard InChI is InChI=1S/C36H39FN2O7S/c1-46-35(44)31-20-38-32(47-31)17-6-23-4-13-28(14-5-23)39-33(26-7-2-24(3-8-26)18-19-36(45,21-40)22-41)29(34(39)43)15-16-30(42)25-9-11-27(37)12-10-25/h2-5,7-14,20,29-30,33,40-42,45H,6,15-19,21-22H2,1H3/t29-,30+,33-/m1/s1. The zero-order valence-electron chi connectivity index (χ0n) is 26.1. The number of anilines is 1. The first-order chi connectivity index (χ1) is 22.6. The van der Waals surface area contributed by atoms with Gasteiger partial charge in [0.25, 0.3) is 0 Å². The number of benzene rings is 3. The van der Waals surface area contributed by atoms with Crippen LogP contribution in [0, 0.1) is 11.7 Å². The molecule has 0 saturated carbocycles. The predicted octanol–water partition coefficient (Wildman–Crippen LogP) is 4.72. The van der Waals surface area contributed by atoms with E-state index in [4.69, 9.17) is 4.74 Å². The number of hydrogen-bond acceptors (Lipinski definition) is 9. The van der Waals surface area contributed by atoms with Crippen LogP contribution in [0.15, 0.2) is 79.0 Å². The molecule has 1 aliphatic rings. The SMILES string of the molecule is COC(=O)c1cnc(CCc2ccc(N3C(=O)[C@H](CC[C@H](O)c4ccc(F)cc4)[C@H]3c3ccc(CCC(O)(CO)CO)cc3)cc2)s1. The van der Waals surface area contributed by atoms with E-state index >= 15 is 0 Å². The van der Waals surface area contributed by atoms with E-state index in [-0.39, 0.29) is 30.1 Å². The zero-order valence-corrected chi connectivity index (χ0v) is 26.9. The average Bonchev–Trinajstić information content (AvgIpc) is 3.58. The summed E-state index contributed by atoms with van der Waals surface area (Å²) in [7, 11) is 1.34. The van der Waals surface area contributed by atoms with E-state index in [0.29, 0.717) is 42.5 Å². The van der Waals surface area contributed by atoms with Crippen LogP contribution < -0.4 is 4.90 Å². The number of hydrogen-bond donors (Lipinski definition) is 4. The van der Waals surface area contributed by atoms with Gasteiger partial charge < -0.3 is 30.1 Å². The van der Waals surface area contributed by atoms with Crippen LogP contribution in [-0.4, -0.2) is 63.2 Å². The molecule has 0 bridgehead atoms. The zero-order chi connectivity index (χ0) is 33.6. The Morgan fingerprint density at radius 2 is 1.62 bits per heavy atom. The Labute approximate surface area is 276 Å². The minimum absolute atomic E-state index is 0.0489. The van der Waals surface area contributed by atoms with Crippen molar-refractivity contribution in [2.45, 2.75) is 56.3 Å². The third kappa shape index (κ3) is 8.11. The van der Waals surface area contributed by atoms with E-state index in [1.165, 1.54) is 36.8 Å². The monoisotopic (exact) mass is 662 g/mol. The lowest BCUT2D eigenvalue weighted by Gasteiger charge is -2.48. The van der Waals surface area contributed by atoms with E-state index in [2.05, 4.69) is 4.98 Å². The molecular formula is C36H39FN2O7S. The fourth-order valence-electron chi connectivity index (χ4n) is 5.85. The summed E-state index contributed by atoms with van der Waals surface area (Å²) in [5, 5.41) is 40.7. The second kappa shape index (κ2) is 15.3. The Bertz CT molecular complexity index is 1640. The number of carbonyl (C=O) groups excluding carboxylic acids is 2. The number of amides is 1. The lowest BCUT2D eigenvalue weighted by atomic mass is 9.78. The number of β-lactam (4-membered cyclic amide) rings is 1. The van der Waals surface area contributed by atoms with Crippen LogP contribution in [0.1, 0.15) is 68.3 Å². The molecule has 47 heavy (non-hydrogen) atoms. The van der Waals surface area contributed by atoms with Gasteiger partial charge in [-0.1, -0.05) is 48.5 Å². The molecule has 0 radical (unpaired) electrons. The van der Waals surface area contributed by atoms with E-state index < -0.39 is 30.9 Å². The largest absolute Gasteiger partial charge is 0.465 e. The fraction of sp³-hybridized carbons (Fsp3) is 0.361. The Morgan fingerprint density at radius 3 is 2.26 bits per heavy atom. The fourth-order valence-corrected chi connectivity index (χ4v) is 6.69. The van der Waals surface area contributed by atoms with Crippen molar-refractivity contribution in [2.75, 3.05) is 25.2 Å². The van der Waals surface area contributed by atoms with Gasteiger partial charge in [-0.3, -0.25) is 4.79 Å². The Hall–Kier alpha value is -4.00. The van der Waals surface area contributed by atoms with Crippen LogP contribution in [0.25, 0.3) is 0 Å². The van der Waals surface area contributed by atoms with Crippen molar-refractivity contribution in [3.8, 4) is 0 Å². The molecular weight excluding hydrogens is 623 g/mol. The van der Waals surface area contributed by atoms with Gasteiger partial charge in [0, 0.05) is 12.1 Å². The maximum Gasteiger partial charge on any atom is 0.349 e. The third-order valence-electron chi connectivity index (χ3n) is 8.79. The van der Waals surface area contributed by atoms with Gasteiger partial charge in [-0.15, -0.1) is 11.3 Å². The predicted molar refractivity (Wildman–Crippen MR) is 175 cm³/mol. The summed E-state index contributed by atoms with van der Waals surface area (Å²) in [5.41, 5.74) is 2.69. The normalized spacial score (nSPS) is 17.0. The van der Waals surface area contributed by atoms with Crippen LogP contribution >= 0.6 is 11.3 Å². The van der Waals surface area contributed by atoms with Gasteiger partial charge in [0.1, 0.15) is 16.3 Å². The molecule has 5 rings (SSSR count). The van der Waals surface area contributed by atoms with E-state index in [9.17, 15) is 34.4 Å². The van der Waals surface area contributed by atoms with Gasteiger partial charge in [0.2, 0.25) is 5.91 Å². The quantitative estimate of drug-likeness (QED) is 0.106. The van der Waals surface area contributed by atoms with Crippen molar-refractivity contribution >= 4 is 28.9 Å². The average molecular weight is 663 g/mol. The van der Waals surface area contributed by atoms with E-state index in [0.717, 1.165) is 27.4 Å². The topological polar surface area (TPSA) is 140 Å². The number of halogens is 1. The summed E-state index contributed by atoms with van der Waals surface area (Å²) in [6.07, 6.45) is 3.46. The van der Waals surface area contributed by atoms with Crippen LogP contribution in [-0.2, 0) is 28.8 Å². The van der Waals surface area contributed by atoms with Crippen LogP contribution in [0.3, 0.4) is 0 Å². The highest BCUT2D eigenvalue weighted by atomic mass is 32.1. The van der Waals surface area contributed by atoms with Gasteiger partial charge in [-0.05, 0) is 78.6 Å². The van der Waals surface area contributed by atoms with Crippen molar-refractivity contribution < 1.29 is 39.1 Å². The Morgan fingerprint density at radius 1 is 0.979 bits per heavy atom. The molecule has 0 spiro atoms. The van der Waals surface area contributed by atoms with Crippen molar-refractivity contribution in [1.29, 1.82) is 0 Å². The molecule has 0 unspecified atom stereocenters. The summed E-state index contributed by atoms with van der Waals surface area (Å²) >= 11 is 1.31. The number of aliphatic hydroxyl groups is 4.